The maximum Gasteiger partial charge on any atom is 0.264 e. The van der Waals surface area contributed by atoms with Crippen molar-refractivity contribution in [2.24, 2.45) is 0 Å². The third-order valence-electron chi connectivity index (χ3n) is 4.75. The van der Waals surface area contributed by atoms with E-state index in [1.807, 2.05) is 0 Å². The lowest BCUT2D eigenvalue weighted by Gasteiger charge is -2.23. The Labute approximate surface area is 198 Å². The van der Waals surface area contributed by atoms with E-state index >= 15 is 0 Å². The van der Waals surface area contributed by atoms with Gasteiger partial charge >= 0.3 is 0 Å². The summed E-state index contributed by atoms with van der Waals surface area (Å²) in [6.45, 7) is 3.70. The minimum Gasteiger partial charge on any atom is -0.497 e. The Bertz CT molecular complexity index is 1260. The van der Waals surface area contributed by atoms with Crippen molar-refractivity contribution in [2.75, 3.05) is 30.4 Å². The summed E-state index contributed by atoms with van der Waals surface area (Å²) >= 11 is 5.94. The maximum absolute atomic E-state index is 13.4. The molecule has 0 spiro atoms. The molecule has 1 amide bonds. The van der Waals surface area contributed by atoms with Gasteiger partial charge in [-0.3, -0.25) is 9.10 Å². The minimum atomic E-state index is -3.98. The molecule has 0 aromatic heterocycles. The zero-order chi connectivity index (χ0) is 24.0. The van der Waals surface area contributed by atoms with Crippen molar-refractivity contribution in [1.29, 1.82) is 0 Å². The summed E-state index contributed by atoms with van der Waals surface area (Å²) in [5.74, 6) is 0.492. The summed E-state index contributed by atoms with van der Waals surface area (Å²) in [5.41, 5.74) is 1.02. The van der Waals surface area contributed by atoms with Crippen molar-refractivity contribution in [3.8, 4) is 11.5 Å². The Hall–Kier alpha value is -3.49. The van der Waals surface area contributed by atoms with E-state index in [2.05, 4.69) is 11.9 Å². The van der Waals surface area contributed by atoms with Gasteiger partial charge in [-0.1, -0.05) is 23.7 Å². The van der Waals surface area contributed by atoms with Gasteiger partial charge in [0.25, 0.3) is 15.9 Å². The molecule has 0 fully saturated rings. The summed E-state index contributed by atoms with van der Waals surface area (Å²) in [4.78, 5) is 12.8. The molecule has 172 valence electrons. The van der Waals surface area contributed by atoms with Crippen LogP contribution in [0, 0.1) is 0 Å². The molecule has 1 N–H and O–H groups in total. The highest BCUT2D eigenvalue weighted by Gasteiger charge is 2.25. The molecule has 0 aliphatic heterocycles. The van der Waals surface area contributed by atoms with Crippen molar-refractivity contribution in [2.45, 2.75) is 4.90 Å². The number of nitrogens with zero attached hydrogens (tertiary/aromatic N) is 1. The molecule has 3 aromatic rings. The van der Waals surface area contributed by atoms with Gasteiger partial charge in [-0.25, -0.2) is 8.42 Å². The zero-order valence-electron chi connectivity index (χ0n) is 18.1. The SMILES string of the molecule is C=CCN(c1ccc(Cl)cc1)S(=O)(=O)c1cccc(C(=O)Nc2ccc(OC)cc2OC)c1. The molecule has 3 rings (SSSR count). The van der Waals surface area contributed by atoms with Crippen LogP contribution in [0.25, 0.3) is 0 Å². The summed E-state index contributed by atoms with van der Waals surface area (Å²) in [5, 5.41) is 3.23. The van der Waals surface area contributed by atoms with Crippen molar-refractivity contribution in [3.63, 3.8) is 0 Å². The normalized spacial score (nSPS) is 10.9. The van der Waals surface area contributed by atoms with Crippen molar-refractivity contribution >= 4 is 38.9 Å². The van der Waals surface area contributed by atoms with Crippen LogP contribution in [0.1, 0.15) is 10.4 Å². The van der Waals surface area contributed by atoms with Gasteiger partial charge in [-0.05, 0) is 54.6 Å². The lowest BCUT2D eigenvalue weighted by atomic mass is 10.2. The van der Waals surface area contributed by atoms with E-state index in [-0.39, 0.29) is 17.0 Å². The molecule has 0 saturated heterocycles. The smallest absolute Gasteiger partial charge is 0.264 e. The van der Waals surface area contributed by atoms with Gasteiger partial charge in [0.15, 0.2) is 0 Å². The van der Waals surface area contributed by atoms with Gasteiger partial charge in [-0.15, -0.1) is 6.58 Å². The minimum absolute atomic E-state index is 0.0337. The highest BCUT2D eigenvalue weighted by molar-refractivity contribution is 7.92. The Morgan fingerprint density at radius 3 is 2.42 bits per heavy atom. The fraction of sp³-hybridized carbons (Fsp3) is 0.125. The Morgan fingerprint density at radius 2 is 1.79 bits per heavy atom. The molecule has 33 heavy (non-hydrogen) atoms. The summed E-state index contributed by atoms with van der Waals surface area (Å²) in [6.07, 6.45) is 1.48. The monoisotopic (exact) mass is 486 g/mol. The predicted molar refractivity (Wildman–Crippen MR) is 130 cm³/mol. The molecular formula is C24H23ClN2O5S. The second-order valence-electron chi connectivity index (χ2n) is 6.85. The second-order valence-corrected chi connectivity index (χ2v) is 9.15. The van der Waals surface area contributed by atoms with Gasteiger partial charge in [0.05, 0.1) is 37.0 Å². The lowest BCUT2D eigenvalue weighted by molar-refractivity contribution is 0.102. The second kappa shape index (κ2) is 10.4. The van der Waals surface area contributed by atoms with Crippen molar-refractivity contribution in [1.82, 2.24) is 0 Å². The molecule has 7 nitrogen and oxygen atoms in total. The fourth-order valence-electron chi connectivity index (χ4n) is 3.09. The van der Waals surface area contributed by atoms with Gasteiger partial charge in [0.1, 0.15) is 11.5 Å². The van der Waals surface area contributed by atoms with E-state index in [9.17, 15) is 13.2 Å². The number of hydrogen-bond donors (Lipinski definition) is 1. The summed E-state index contributed by atoms with van der Waals surface area (Å²) < 4.78 is 38.4. The van der Waals surface area contributed by atoms with Gasteiger partial charge in [-0.2, -0.15) is 0 Å². The van der Waals surface area contributed by atoms with Crippen molar-refractivity contribution in [3.05, 3.63) is 90.0 Å². The number of nitrogens with one attached hydrogen (secondary N) is 1. The highest BCUT2D eigenvalue weighted by Crippen LogP contribution is 2.30. The van der Waals surface area contributed by atoms with Crippen LogP contribution in [0.4, 0.5) is 11.4 Å². The molecule has 0 saturated carbocycles. The highest BCUT2D eigenvalue weighted by atomic mass is 35.5. The molecule has 9 heteroatoms. The number of anilines is 2. The Balaban J connectivity index is 1.92. The number of rotatable bonds is 9. The van der Waals surface area contributed by atoms with Crippen molar-refractivity contribution < 1.29 is 22.7 Å². The van der Waals surface area contributed by atoms with Crippen LogP contribution in [-0.2, 0) is 10.0 Å². The molecular weight excluding hydrogens is 464 g/mol. The number of amides is 1. The van der Waals surface area contributed by atoms with E-state index in [0.717, 1.165) is 0 Å². The average molecular weight is 487 g/mol. The number of benzene rings is 3. The van der Waals surface area contributed by atoms with Crippen LogP contribution in [0.2, 0.25) is 5.02 Å². The maximum atomic E-state index is 13.4. The topological polar surface area (TPSA) is 84.9 Å². The predicted octanol–water partition coefficient (Wildman–Crippen LogP) is 4.99. The van der Waals surface area contributed by atoms with Crippen LogP contribution in [0.3, 0.4) is 0 Å². The summed E-state index contributed by atoms with van der Waals surface area (Å²) in [6, 6.07) is 17.2. The molecule has 3 aromatic carbocycles. The number of methoxy groups -OCH3 is 2. The third kappa shape index (κ3) is 5.47. The van der Waals surface area contributed by atoms with Crippen LogP contribution in [-0.4, -0.2) is 35.1 Å². The Kier molecular flexibility index (Phi) is 7.63. The number of carbonyl (C=O) groups is 1. The molecule has 0 atom stereocenters. The quantitative estimate of drug-likeness (QED) is 0.431. The zero-order valence-corrected chi connectivity index (χ0v) is 19.7. The average Bonchev–Trinajstić information content (AvgIpc) is 2.83. The number of halogens is 1. The lowest BCUT2D eigenvalue weighted by Crippen LogP contribution is -2.31. The first-order valence-corrected chi connectivity index (χ1v) is 11.6. The standard InChI is InChI=1S/C24H23ClN2O5S/c1-4-14-27(19-10-8-18(25)9-11-19)33(29,30)21-7-5-6-17(15-21)24(28)26-22-13-12-20(31-2)16-23(22)32-3/h4-13,15-16H,1,14H2,2-3H3,(H,26,28). The first kappa shape index (κ1) is 24.2. The molecule has 0 heterocycles. The van der Waals surface area contributed by atoms with Crippen LogP contribution in [0.5, 0.6) is 11.5 Å². The van der Waals surface area contributed by atoms with Crippen LogP contribution in [0.15, 0.2) is 84.3 Å². The molecule has 0 unspecified atom stereocenters. The first-order valence-electron chi connectivity index (χ1n) is 9.82. The Morgan fingerprint density at radius 1 is 1.06 bits per heavy atom. The van der Waals surface area contributed by atoms with E-state index in [1.165, 1.54) is 48.9 Å². The fourth-order valence-corrected chi connectivity index (χ4v) is 4.70. The van der Waals surface area contributed by atoms with Crippen LogP contribution < -0.4 is 19.1 Å². The summed E-state index contributed by atoms with van der Waals surface area (Å²) in [7, 11) is -0.981. The first-order chi connectivity index (χ1) is 15.8. The molecule has 0 aliphatic rings. The van der Waals surface area contributed by atoms with Gasteiger partial charge in [0, 0.05) is 16.7 Å². The van der Waals surface area contributed by atoms with Crippen LogP contribution >= 0.6 is 11.6 Å². The number of hydrogen-bond acceptors (Lipinski definition) is 5. The van der Waals surface area contributed by atoms with E-state index in [4.69, 9.17) is 21.1 Å². The van der Waals surface area contributed by atoms with E-state index < -0.39 is 15.9 Å². The largest absolute Gasteiger partial charge is 0.497 e. The van der Waals surface area contributed by atoms with Gasteiger partial charge in [0.2, 0.25) is 0 Å². The van der Waals surface area contributed by atoms with E-state index in [1.54, 1.807) is 42.5 Å². The van der Waals surface area contributed by atoms with Gasteiger partial charge < -0.3 is 14.8 Å². The molecule has 0 radical (unpaired) electrons. The molecule has 0 aliphatic carbocycles. The van der Waals surface area contributed by atoms with E-state index in [0.29, 0.717) is 27.9 Å². The number of sulfonamides is 1. The number of carbonyl (C=O) groups excluding carboxylic acids is 1. The third-order valence-corrected chi connectivity index (χ3v) is 6.79. The molecule has 0 bridgehead atoms. The number of ether oxygens (including phenoxy) is 2.